The van der Waals surface area contributed by atoms with Crippen LogP contribution in [0.3, 0.4) is 0 Å². The van der Waals surface area contributed by atoms with E-state index in [1.54, 1.807) is 0 Å². The Balaban J connectivity index is 1.72. The Kier molecular flexibility index (Phi) is 3.30. The van der Waals surface area contributed by atoms with Gasteiger partial charge >= 0.3 is 0 Å². The number of nitrogens with one attached hydrogen (secondary N) is 2. The number of rotatable bonds is 2. The molecule has 4 heteroatoms. The van der Waals surface area contributed by atoms with Crippen LogP contribution in [0.2, 0.25) is 0 Å². The van der Waals surface area contributed by atoms with Crippen molar-refractivity contribution < 1.29 is 4.79 Å². The van der Waals surface area contributed by atoms with Gasteiger partial charge in [0, 0.05) is 23.7 Å². The number of aromatic amines is 1. The summed E-state index contributed by atoms with van der Waals surface area (Å²) in [7, 11) is 0. The number of para-hydroxylation sites is 1. The first-order chi connectivity index (χ1) is 9.63. The van der Waals surface area contributed by atoms with Crippen molar-refractivity contribution in [1.29, 1.82) is 0 Å². The van der Waals surface area contributed by atoms with Crippen LogP contribution in [-0.4, -0.2) is 15.9 Å². The van der Waals surface area contributed by atoms with Crippen molar-refractivity contribution in [1.82, 2.24) is 9.97 Å². The lowest BCUT2D eigenvalue weighted by Gasteiger charge is -2.21. The predicted octanol–water partition coefficient (Wildman–Crippen LogP) is 2.77. The second-order valence-corrected chi connectivity index (χ2v) is 5.49. The molecule has 0 aliphatic heterocycles. The van der Waals surface area contributed by atoms with E-state index < -0.39 is 0 Å². The molecular weight excluding hydrogens is 250 g/mol. The number of amides is 1. The number of anilines is 1. The van der Waals surface area contributed by atoms with E-state index in [0.717, 1.165) is 47.7 Å². The summed E-state index contributed by atoms with van der Waals surface area (Å²) in [5.74, 6) is 1.08. The second-order valence-electron chi connectivity index (χ2n) is 5.49. The molecule has 1 atom stereocenters. The smallest absolute Gasteiger partial charge is 0.227 e. The van der Waals surface area contributed by atoms with Crippen LogP contribution in [0.5, 0.6) is 0 Å². The number of benzene rings is 1. The van der Waals surface area contributed by atoms with Crippen molar-refractivity contribution in [2.45, 2.75) is 33.1 Å². The van der Waals surface area contributed by atoms with E-state index in [2.05, 4.69) is 15.3 Å². The summed E-state index contributed by atoms with van der Waals surface area (Å²) in [6.45, 7) is 3.97. The third-order valence-electron chi connectivity index (χ3n) is 3.94. The number of hydrogen-bond acceptors (Lipinski definition) is 2. The van der Waals surface area contributed by atoms with Gasteiger partial charge < -0.3 is 10.3 Å². The summed E-state index contributed by atoms with van der Waals surface area (Å²) in [5.41, 5.74) is 4.25. The number of aryl methyl sites for hydroxylation is 3. The van der Waals surface area contributed by atoms with Gasteiger partial charge in [-0.1, -0.05) is 18.2 Å². The van der Waals surface area contributed by atoms with Gasteiger partial charge in [0.15, 0.2) is 0 Å². The van der Waals surface area contributed by atoms with Gasteiger partial charge in [-0.05, 0) is 38.3 Å². The van der Waals surface area contributed by atoms with Crippen LogP contribution in [0.1, 0.15) is 29.2 Å². The molecule has 2 N–H and O–H groups in total. The molecule has 0 spiro atoms. The summed E-state index contributed by atoms with van der Waals surface area (Å²) in [4.78, 5) is 20.1. The topological polar surface area (TPSA) is 57.8 Å². The van der Waals surface area contributed by atoms with Gasteiger partial charge in [-0.25, -0.2) is 4.98 Å². The van der Waals surface area contributed by atoms with Gasteiger partial charge in [0.2, 0.25) is 5.91 Å². The molecular formula is C16H19N3O. The largest absolute Gasteiger partial charge is 0.346 e. The average Bonchev–Trinajstić information content (AvgIpc) is 2.80. The Morgan fingerprint density at radius 3 is 2.95 bits per heavy atom. The molecule has 1 aliphatic rings. The minimum Gasteiger partial charge on any atom is -0.346 e. The van der Waals surface area contributed by atoms with Gasteiger partial charge in [0.05, 0.1) is 5.69 Å². The van der Waals surface area contributed by atoms with E-state index in [1.807, 2.05) is 38.1 Å². The van der Waals surface area contributed by atoms with Crippen LogP contribution in [0.25, 0.3) is 0 Å². The first-order valence-electron chi connectivity index (χ1n) is 7.04. The molecule has 0 radical (unpaired) electrons. The highest BCUT2D eigenvalue weighted by molar-refractivity contribution is 5.93. The van der Waals surface area contributed by atoms with Gasteiger partial charge in [0.1, 0.15) is 5.82 Å². The van der Waals surface area contributed by atoms with Gasteiger partial charge in [0.25, 0.3) is 0 Å². The van der Waals surface area contributed by atoms with Crippen LogP contribution in [0, 0.1) is 19.8 Å². The molecule has 20 heavy (non-hydrogen) atoms. The number of carbonyl (C=O) groups excluding carboxylic acids is 1. The molecule has 1 heterocycles. The molecule has 1 aliphatic carbocycles. The number of aromatic nitrogens is 2. The van der Waals surface area contributed by atoms with Gasteiger partial charge in [-0.2, -0.15) is 0 Å². The Labute approximate surface area is 118 Å². The third kappa shape index (κ3) is 2.46. The predicted molar refractivity (Wildman–Crippen MR) is 78.6 cm³/mol. The highest BCUT2D eigenvalue weighted by atomic mass is 16.1. The Bertz CT molecular complexity index is 645. The van der Waals surface area contributed by atoms with Crippen LogP contribution in [0.4, 0.5) is 5.69 Å². The zero-order chi connectivity index (χ0) is 14.1. The van der Waals surface area contributed by atoms with Gasteiger partial charge in [-0.15, -0.1) is 0 Å². The molecule has 0 fully saturated rings. The highest BCUT2D eigenvalue weighted by Gasteiger charge is 2.26. The van der Waals surface area contributed by atoms with Crippen LogP contribution < -0.4 is 5.32 Å². The SMILES string of the molecule is Cc1nc2c([nH]1)CC(C(=O)Nc1ccccc1C)CC2. The van der Waals surface area contributed by atoms with Crippen LogP contribution in [-0.2, 0) is 17.6 Å². The van der Waals surface area contributed by atoms with Crippen molar-refractivity contribution in [2.75, 3.05) is 5.32 Å². The molecule has 0 bridgehead atoms. The van der Waals surface area contributed by atoms with E-state index in [-0.39, 0.29) is 11.8 Å². The summed E-state index contributed by atoms with van der Waals surface area (Å²) >= 11 is 0. The third-order valence-corrected chi connectivity index (χ3v) is 3.94. The minimum absolute atomic E-state index is 0.0296. The first-order valence-corrected chi connectivity index (χ1v) is 7.04. The van der Waals surface area contributed by atoms with Gasteiger partial charge in [-0.3, -0.25) is 4.79 Å². The van der Waals surface area contributed by atoms with Crippen LogP contribution >= 0.6 is 0 Å². The molecule has 1 aromatic carbocycles. The lowest BCUT2D eigenvalue weighted by molar-refractivity contribution is -0.120. The van der Waals surface area contributed by atoms with Crippen molar-refractivity contribution in [3.8, 4) is 0 Å². The van der Waals surface area contributed by atoms with E-state index in [4.69, 9.17) is 0 Å². The number of nitrogens with zero attached hydrogens (tertiary/aromatic N) is 1. The fourth-order valence-electron chi connectivity index (χ4n) is 2.80. The maximum atomic E-state index is 12.4. The minimum atomic E-state index is 0.0296. The lowest BCUT2D eigenvalue weighted by atomic mass is 9.89. The summed E-state index contributed by atoms with van der Waals surface area (Å²) < 4.78 is 0. The maximum Gasteiger partial charge on any atom is 0.227 e. The first kappa shape index (κ1) is 12.9. The van der Waals surface area contributed by atoms with Crippen LogP contribution in [0.15, 0.2) is 24.3 Å². The molecule has 3 rings (SSSR count). The van der Waals surface area contributed by atoms with E-state index in [0.29, 0.717) is 0 Å². The lowest BCUT2D eigenvalue weighted by Crippen LogP contribution is -2.28. The Morgan fingerprint density at radius 1 is 1.35 bits per heavy atom. The zero-order valence-corrected chi connectivity index (χ0v) is 11.9. The van der Waals surface area contributed by atoms with Crippen molar-refractivity contribution >= 4 is 11.6 Å². The molecule has 1 aromatic heterocycles. The molecule has 0 saturated heterocycles. The number of imidazole rings is 1. The quantitative estimate of drug-likeness (QED) is 0.880. The number of carbonyl (C=O) groups is 1. The standard InChI is InChI=1S/C16H19N3O/c1-10-5-3-4-6-13(10)19-16(20)12-7-8-14-15(9-12)18-11(2)17-14/h3-6,12H,7-9H2,1-2H3,(H,17,18)(H,19,20). The van der Waals surface area contributed by atoms with Crippen molar-refractivity contribution in [3.05, 3.63) is 47.0 Å². The molecule has 0 saturated carbocycles. The Hall–Kier alpha value is -2.10. The zero-order valence-electron chi connectivity index (χ0n) is 11.9. The van der Waals surface area contributed by atoms with E-state index >= 15 is 0 Å². The number of hydrogen-bond donors (Lipinski definition) is 2. The molecule has 4 nitrogen and oxygen atoms in total. The van der Waals surface area contributed by atoms with Crippen molar-refractivity contribution in [2.24, 2.45) is 5.92 Å². The monoisotopic (exact) mass is 269 g/mol. The Morgan fingerprint density at radius 2 is 2.15 bits per heavy atom. The van der Waals surface area contributed by atoms with E-state index in [1.165, 1.54) is 0 Å². The normalized spacial score (nSPS) is 17.6. The summed E-state index contributed by atoms with van der Waals surface area (Å²) in [6.07, 6.45) is 2.51. The summed E-state index contributed by atoms with van der Waals surface area (Å²) in [6, 6.07) is 7.87. The molecule has 1 amide bonds. The molecule has 104 valence electrons. The molecule has 1 unspecified atom stereocenters. The maximum absolute atomic E-state index is 12.4. The number of fused-ring (bicyclic) bond motifs is 1. The fraction of sp³-hybridized carbons (Fsp3) is 0.375. The van der Waals surface area contributed by atoms with E-state index in [9.17, 15) is 4.79 Å². The second kappa shape index (κ2) is 5.12. The van der Waals surface area contributed by atoms with Crippen molar-refractivity contribution in [3.63, 3.8) is 0 Å². The number of H-pyrrole nitrogens is 1. The summed E-state index contributed by atoms with van der Waals surface area (Å²) in [5, 5.41) is 3.04. The fourth-order valence-corrected chi connectivity index (χ4v) is 2.80. The molecule has 2 aromatic rings. The highest BCUT2D eigenvalue weighted by Crippen LogP contribution is 2.25. The average molecular weight is 269 g/mol.